The van der Waals surface area contributed by atoms with Crippen molar-refractivity contribution in [2.75, 3.05) is 38.3 Å². The van der Waals surface area contributed by atoms with Crippen molar-refractivity contribution in [1.82, 2.24) is 0 Å². The summed E-state index contributed by atoms with van der Waals surface area (Å²) in [5.74, 6) is -0.811. The van der Waals surface area contributed by atoms with Crippen molar-refractivity contribution >= 4 is 23.2 Å². The number of allylic oxidation sites excluding steroid dienone is 1. The summed E-state index contributed by atoms with van der Waals surface area (Å²) in [7, 11) is 1.30. The quantitative estimate of drug-likeness (QED) is 0.353. The number of benzene rings is 2. The van der Waals surface area contributed by atoms with Gasteiger partial charge in [0.05, 0.1) is 25.2 Å². The smallest absolute Gasteiger partial charge is 0.315 e. The minimum absolute atomic E-state index is 0.0313. The zero-order valence-electron chi connectivity index (χ0n) is 15.3. The van der Waals surface area contributed by atoms with Crippen molar-refractivity contribution in [1.29, 1.82) is 0 Å². The molecule has 0 aliphatic carbocycles. The minimum Gasteiger partial charge on any atom is -0.500 e. The van der Waals surface area contributed by atoms with Crippen LogP contribution in [-0.4, -0.2) is 49.2 Å². The molecule has 1 aliphatic rings. The first-order chi connectivity index (χ1) is 13.5. The summed E-state index contributed by atoms with van der Waals surface area (Å²) in [6.07, 6.45) is 2.78. The molecule has 1 aliphatic heterocycles. The highest BCUT2D eigenvalue weighted by Crippen LogP contribution is 2.37. The number of aromatic hydroxyl groups is 1. The van der Waals surface area contributed by atoms with E-state index < -0.39 is 16.4 Å². The predicted molar refractivity (Wildman–Crippen MR) is 104 cm³/mol. The summed E-state index contributed by atoms with van der Waals surface area (Å²) in [6, 6.07) is 9.88. The number of ketones is 1. The number of morpholine rings is 1. The van der Waals surface area contributed by atoms with Gasteiger partial charge < -0.3 is 19.5 Å². The van der Waals surface area contributed by atoms with Gasteiger partial charge in [0, 0.05) is 30.4 Å². The number of nitrogens with zero attached hydrogens (tertiary/aromatic N) is 2. The molecular weight excluding hydrogens is 364 g/mol. The van der Waals surface area contributed by atoms with Gasteiger partial charge in [-0.25, -0.2) is 0 Å². The van der Waals surface area contributed by atoms with E-state index in [0.717, 1.165) is 18.8 Å². The van der Waals surface area contributed by atoms with E-state index >= 15 is 0 Å². The molecule has 0 radical (unpaired) electrons. The van der Waals surface area contributed by atoms with Crippen LogP contribution in [0.5, 0.6) is 11.5 Å². The second-order valence-corrected chi connectivity index (χ2v) is 6.19. The van der Waals surface area contributed by atoms with E-state index in [9.17, 15) is 20.0 Å². The third-order valence-corrected chi connectivity index (χ3v) is 4.45. The van der Waals surface area contributed by atoms with E-state index in [1.807, 2.05) is 12.1 Å². The van der Waals surface area contributed by atoms with E-state index in [1.165, 1.54) is 31.4 Å². The Morgan fingerprint density at radius 1 is 1.25 bits per heavy atom. The Labute approximate surface area is 161 Å². The van der Waals surface area contributed by atoms with E-state index in [1.54, 1.807) is 12.1 Å². The number of phenolic OH excluding ortho intramolecular Hbond substituents is 1. The van der Waals surface area contributed by atoms with Gasteiger partial charge in [0.25, 0.3) is 0 Å². The molecule has 0 atom stereocenters. The molecule has 0 spiro atoms. The summed E-state index contributed by atoms with van der Waals surface area (Å²) in [5, 5.41) is 20.9. The van der Waals surface area contributed by atoms with E-state index in [0.29, 0.717) is 24.3 Å². The molecule has 3 rings (SSSR count). The molecule has 0 amide bonds. The van der Waals surface area contributed by atoms with Crippen molar-refractivity contribution in [3.8, 4) is 11.5 Å². The van der Waals surface area contributed by atoms with Crippen molar-refractivity contribution in [2.24, 2.45) is 0 Å². The fraction of sp³-hybridized carbons (Fsp3) is 0.250. The lowest BCUT2D eigenvalue weighted by molar-refractivity contribution is -0.386. The van der Waals surface area contributed by atoms with Gasteiger partial charge in [-0.05, 0) is 42.0 Å². The van der Waals surface area contributed by atoms with Gasteiger partial charge in [0.1, 0.15) is 0 Å². The van der Waals surface area contributed by atoms with Crippen LogP contribution in [0.2, 0.25) is 0 Å². The summed E-state index contributed by atoms with van der Waals surface area (Å²) in [6.45, 7) is 3.00. The predicted octanol–water partition coefficient (Wildman–Crippen LogP) is 3.04. The summed E-state index contributed by atoms with van der Waals surface area (Å²) >= 11 is 0. The molecule has 146 valence electrons. The van der Waals surface area contributed by atoms with Gasteiger partial charge in [0.2, 0.25) is 5.75 Å². The van der Waals surface area contributed by atoms with Gasteiger partial charge in [-0.15, -0.1) is 0 Å². The molecule has 8 nitrogen and oxygen atoms in total. The number of hydrogen-bond donors (Lipinski definition) is 1. The number of ether oxygens (including phenoxy) is 2. The Morgan fingerprint density at radius 3 is 2.54 bits per heavy atom. The molecule has 0 unspecified atom stereocenters. The number of anilines is 1. The van der Waals surface area contributed by atoms with Crippen LogP contribution >= 0.6 is 0 Å². The zero-order valence-corrected chi connectivity index (χ0v) is 15.3. The molecular formula is C20H20N2O6. The maximum absolute atomic E-state index is 12.4. The van der Waals surface area contributed by atoms with Gasteiger partial charge in [0.15, 0.2) is 11.5 Å². The van der Waals surface area contributed by atoms with Crippen LogP contribution in [0, 0.1) is 10.1 Å². The molecule has 0 bridgehead atoms. The topological polar surface area (TPSA) is 102 Å². The molecule has 1 saturated heterocycles. The molecule has 1 fully saturated rings. The van der Waals surface area contributed by atoms with Crippen LogP contribution in [-0.2, 0) is 4.74 Å². The third-order valence-electron chi connectivity index (χ3n) is 4.45. The fourth-order valence-corrected chi connectivity index (χ4v) is 2.93. The highest BCUT2D eigenvalue weighted by Gasteiger charge is 2.19. The Bertz CT molecular complexity index is 902. The average molecular weight is 384 g/mol. The molecule has 28 heavy (non-hydrogen) atoms. The normalized spacial score (nSPS) is 14.2. The third kappa shape index (κ3) is 4.29. The van der Waals surface area contributed by atoms with Gasteiger partial charge >= 0.3 is 5.69 Å². The van der Waals surface area contributed by atoms with Crippen LogP contribution in [0.15, 0.2) is 42.5 Å². The molecule has 1 heterocycles. The second-order valence-electron chi connectivity index (χ2n) is 6.19. The molecule has 0 aromatic heterocycles. The number of nitro benzene ring substituents is 1. The standard InChI is InChI=1S/C20H20N2O6/c1-27-19-13-14(12-17(20(19)24)22(25)26)2-7-18(23)15-3-5-16(6-4-15)21-8-10-28-11-9-21/h2-7,12-13,24H,8-11H2,1H3. The maximum atomic E-state index is 12.4. The monoisotopic (exact) mass is 384 g/mol. The van der Waals surface area contributed by atoms with E-state index in [2.05, 4.69) is 4.90 Å². The van der Waals surface area contributed by atoms with Gasteiger partial charge in [-0.3, -0.25) is 14.9 Å². The Balaban J connectivity index is 1.76. The lowest BCUT2D eigenvalue weighted by Gasteiger charge is -2.28. The van der Waals surface area contributed by atoms with E-state index in [4.69, 9.17) is 9.47 Å². The van der Waals surface area contributed by atoms with Crippen molar-refractivity contribution in [3.63, 3.8) is 0 Å². The first kappa shape index (κ1) is 19.4. The first-order valence-corrected chi connectivity index (χ1v) is 8.70. The number of carbonyl (C=O) groups is 1. The number of nitro groups is 1. The molecule has 1 N–H and O–H groups in total. The second kappa shape index (κ2) is 8.53. The van der Waals surface area contributed by atoms with Crippen LogP contribution < -0.4 is 9.64 Å². The Morgan fingerprint density at radius 2 is 1.93 bits per heavy atom. The summed E-state index contributed by atoms with van der Waals surface area (Å²) in [5.41, 5.74) is 1.43. The average Bonchev–Trinajstić information content (AvgIpc) is 2.73. The maximum Gasteiger partial charge on any atom is 0.315 e. The highest BCUT2D eigenvalue weighted by atomic mass is 16.6. The van der Waals surface area contributed by atoms with Crippen LogP contribution in [0.3, 0.4) is 0 Å². The number of rotatable bonds is 6. The number of hydrogen-bond acceptors (Lipinski definition) is 7. The highest BCUT2D eigenvalue weighted by molar-refractivity contribution is 6.07. The van der Waals surface area contributed by atoms with Gasteiger partial charge in [-0.1, -0.05) is 6.08 Å². The number of phenols is 1. The Hall–Kier alpha value is -3.39. The van der Waals surface area contributed by atoms with Crippen molar-refractivity contribution in [2.45, 2.75) is 0 Å². The minimum atomic E-state index is -0.707. The number of carbonyl (C=O) groups excluding carboxylic acids is 1. The SMILES string of the molecule is COc1cc(C=CC(=O)c2ccc(N3CCOCC3)cc2)cc([N+](=O)[O-])c1O. The molecule has 2 aromatic carbocycles. The molecule has 0 saturated carbocycles. The van der Waals surface area contributed by atoms with Crippen molar-refractivity contribution in [3.05, 3.63) is 63.7 Å². The van der Waals surface area contributed by atoms with Crippen LogP contribution in [0.4, 0.5) is 11.4 Å². The van der Waals surface area contributed by atoms with Gasteiger partial charge in [-0.2, -0.15) is 0 Å². The first-order valence-electron chi connectivity index (χ1n) is 8.70. The molecule has 8 heteroatoms. The largest absolute Gasteiger partial charge is 0.500 e. The van der Waals surface area contributed by atoms with Crippen molar-refractivity contribution < 1.29 is 24.3 Å². The fourth-order valence-electron chi connectivity index (χ4n) is 2.93. The lowest BCUT2D eigenvalue weighted by Crippen LogP contribution is -2.36. The lowest BCUT2D eigenvalue weighted by atomic mass is 10.1. The number of methoxy groups -OCH3 is 1. The summed E-state index contributed by atoms with van der Waals surface area (Å²) < 4.78 is 10.3. The van der Waals surface area contributed by atoms with Crippen LogP contribution in [0.1, 0.15) is 15.9 Å². The van der Waals surface area contributed by atoms with E-state index in [-0.39, 0.29) is 11.5 Å². The molecule has 2 aromatic rings. The zero-order chi connectivity index (χ0) is 20.1. The summed E-state index contributed by atoms with van der Waals surface area (Å²) in [4.78, 5) is 24.9. The Kier molecular flexibility index (Phi) is 5.90. The van der Waals surface area contributed by atoms with Crippen LogP contribution in [0.25, 0.3) is 6.08 Å².